The van der Waals surface area contributed by atoms with Gasteiger partial charge in [0.25, 0.3) is 0 Å². The second-order valence-corrected chi connectivity index (χ2v) is 20.5. The highest BCUT2D eigenvalue weighted by molar-refractivity contribution is 6.70. The summed E-state index contributed by atoms with van der Waals surface area (Å²) in [5.74, 6) is 2.65. The smallest absolute Gasteiger partial charge is 0.345 e. The Balaban J connectivity index is 1.40. The number of carbonyl (C=O) groups is 1. The van der Waals surface area contributed by atoms with E-state index < -0.39 is 19.9 Å². The first kappa shape index (κ1) is 40.4. The predicted molar refractivity (Wildman–Crippen MR) is 223 cm³/mol. The van der Waals surface area contributed by atoms with Gasteiger partial charge in [0.1, 0.15) is 22.8 Å². The lowest BCUT2D eigenvalue weighted by Crippen LogP contribution is -2.29. The van der Waals surface area contributed by atoms with E-state index >= 15 is 0 Å². The second kappa shape index (κ2) is 18.5. The molecule has 5 aromatic carbocycles. The van der Waals surface area contributed by atoms with E-state index in [9.17, 15) is 9.90 Å². The van der Waals surface area contributed by atoms with Crippen LogP contribution in [0.5, 0.6) is 17.2 Å². The molecule has 54 heavy (non-hydrogen) atoms. The molecular formula is C48H58O5Si. The summed E-state index contributed by atoms with van der Waals surface area (Å²) in [5, 5.41) is 10.0. The van der Waals surface area contributed by atoms with Crippen LogP contribution in [-0.2, 0) is 15.1 Å². The molecule has 5 aromatic rings. The van der Waals surface area contributed by atoms with E-state index in [-0.39, 0.29) is 18.3 Å². The summed E-state index contributed by atoms with van der Waals surface area (Å²) in [4.78, 5) is 12.9. The van der Waals surface area contributed by atoms with E-state index in [0.29, 0.717) is 23.5 Å². The normalized spacial score (nSPS) is 14.1. The third kappa shape index (κ3) is 11.8. The summed E-state index contributed by atoms with van der Waals surface area (Å²) in [6.07, 6.45) is 3.90. The van der Waals surface area contributed by atoms with Gasteiger partial charge in [-0.3, -0.25) is 0 Å². The lowest BCUT2D eigenvalue weighted by Gasteiger charge is -2.30. The van der Waals surface area contributed by atoms with Crippen LogP contribution in [0.1, 0.15) is 105 Å². The van der Waals surface area contributed by atoms with Gasteiger partial charge in [0.15, 0.2) is 6.61 Å². The van der Waals surface area contributed by atoms with Crippen molar-refractivity contribution in [2.24, 2.45) is 0 Å². The number of rotatable bonds is 18. The molecule has 1 N–H and O–H groups in total. The molecule has 0 radical (unpaired) electrons. The third-order valence-electron chi connectivity index (χ3n) is 10.3. The van der Waals surface area contributed by atoms with Gasteiger partial charge in [-0.25, -0.2) is 4.79 Å². The highest BCUT2D eigenvalue weighted by atomic mass is 28.4. The van der Waals surface area contributed by atoms with Gasteiger partial charge in [0.2, 0.25) is 8.32 Å². The highest BCUT2D eigenvalue weighted by Crippen LogP contribution is 2.43. The van der Waals surface area contributed by atoms with Gasteiger partial charge in [-0.2, -0.15) is 0 Å². The lowest BCUT2D eigenvalue weighted by molar-refractivity contribution is -0.159. The lowest BCUT2D eigenvalue weighted by atomic mass is 9.75. The number of hydrogen-bond acceptors (Lipinski definition) is 5. The molecular weight excluding hydrogens is 685 g/mol. The molecule has 0 spiro atoms. The topological polar surface area (TPSA) is 65.0 Å². The number of phenols is 1. The molecule has 5 nitrogen and oxygen atoms in total. The SMILES string of the molecule is CCC(CC(CC(CC(C)c1ccccc1)c1ccc(O[Si](C)(C)C)cc1)c1ccc(OCC(=O)OC(C)(C)c2ccccc2)cc1)c1ccc(O)cc1. The molecule has 0 aromatic heterocycles. The third-order valence-corrected chi connectivity index (χ3v) is 11.2. The fourth-order valence-corrected chi connectivity index (χ4v) is 8.25. The number of ether oxygens (including phenoxy) is 2. The van der Waals surface area contributed by atoms with Crippen LogP contribution < -0.4 is 9.16 Å². The number of esters is 1. The maximum atomic E-state index is 12.9. The van der Waals surface area contributed by atoms with Crippen molar-refractivity contribution in [2.75, 3.05) is 6.61 Å². The minimum absolute atomic E-state index is 0.172. The van der Waals surface area contributed by atoms with Crippen LogP contribution in [0.3, 0.4) is 0 Å². The molecule has 6 heteroatoms. The Kier molecular flexibility index (Phi) is 13.8. The highest BCUT2D eigenvalue weighted by Gasteiger charge is 2.27. The maximum absolute atomic E-state index is 12.9. The first-order valence-corrected chi connectivity index (χ1v) is 22.8. The second-order valence-electron chi connectivity index (χ2n) is 16.1. The molecule has 0 aliphatic heterocycles. The standard InChI is InChI=1S/C48H58O5Si/c1-8-36(38-19-25-44(49)26-20-38)32-42(40-21-27-45(28-22-40)51-34-47(50)52-48(3,4)43-17-13-10-14-18-43)33-41(31-35(2)37-15-11-9-12-16-37)39-23-29-46(30-24-39)53-54(5,6)7/h9-30,35-36,41-42,49H,8,31-34H2,1-7H3. The Morgan fingerprint density at radius 1 is 0.630 bits per heavy atom. The minimum atomic E-state index is -1.74. The first-order chi connectivity index (χ1) is 25.8. The van der Waals surface area contributed by atoms with Crippen LogP contribution in [0.4, 0.5) is 0 Å². The van der Waals surface area contributed by atoms with Crippen LogP contribution in [0, 0.1) is 0 Å². The molecule has 0 bridgehead atoms. The maximum Gasteiger partial charge on any atom is 0.345 e. The van der Waals surface area contributed by atoms with Crippen molar-refractivity contribution in [1.82, 2.24) is 0 Å². The van der Waals surface area contributed by atoms with E-state index in [4.69, 9.17) is 13.9 Å². The zero-order valence-corrected chi connectivity index (χ0v) is 34.1. The summed E-state index contributed by atoms with van der Waals surface area (Å²) in [6.45, 7) is 14.8. The van der Waals surface area contributed by atoms with Gasteiger partial charge in [0.05, 0.1) is 0 Å². The van der Waals surface area contributed by atoms with Crippen molar-refractivity contribution in [3.05, 3.63) is 161 Å². The molecule has 0 heterocycles. The zero-order chi connectivity index (χ0) is 38.7. The minimum Gasteiger partial charge on any atom is -0.544 e. The van der Waals surface area contributed by atoms with E-state index in [1.54, 1.807) is 12.1 Å². The van der Waals surface area contributed by atoms with Gasteiger partial charge in [-0.1, -0.05) is 111 Å². The van der Waals surface area contributed by atoms with Gasteiger partial charge in [-0.15, -0.1) is 0 Å². The Labute approximate surface area is 324 Å². The number of hydrogen-bond donors (Lipinski definition) is 1. The van der Waals surface area contributed by atoms with E-state index in [2.05, 4.69) is 112 Å². The molecule has 4 unspecified atom stereocenters. The summed E-state index contributed by atoms with van der Waals surface area (Å²) in [6, 6.07) is 45.3. The van der Waals surface area contributed by atoms with Crippen LogP contribution in [0.25, 0.3) is 0 Å². The molecule has 0 saturated carbocycles. The Hall–Kier alpha value is -4.81. The number of benzene rings is 5. The summed E-state index contributed by atoms with van der Waals surface area (Å²) >= 11 is 0. The van der Waals surface area contributed by atoms with Crippen molar-refractivity contribution in [3.8, 4) is 17.2 Å². The largest absolute Gasteiger partial charge is 0.544 e. The number of carbonyl (C=O) groups excluding carboxylic acids is 1. The number of phenolic OH excluding ortho intramolecular Hbond substituents is 1. The molecule has 0 fully saturated rings. The fraction of sp³-hybridized carbons (Fsp3) is 0.354. The van der Waals surface area contributed by atoms with Gasteiger partial charge in [-0.05, 0) is 147 Å². The van der Waals surface area contributed by atoms with Crippen LogP contribution in [0.15, 0.2) is 133 Å². The monoisotopic (exact) mass is 742 g/mol. The number of aromatic hydroxyl groups is 1. The Morgan fingerprint density at radius 2 is 1.11 bits per heavy atom. The van der Waals surface area contributed by atoms with E-state index in [1.807, 2.05) is 56.3 Å². The molecule has 284 valence electrons. The van der Waals surface area contributed by atoms with Crippen molar-refractivity contribution < 1.29 is 23.8 Å². The molecule has 0 aliphatic rings. The molecule has 0 amide bonds. The Morgan fingerprint density at radius 3 is 1.67 bits per heavy atom. The average molecular weight is 743 g/mol. The van der Waals surface area contributed by atoms with Crippen LogP contribution in [-0.4, -0.2) is 26.0 Å². The summed E-state index contributed by atoms with van der Waals surface area (Å²) in [7, 11) is -1.74. The van der Waals surface area contributed by atoms with Gasteiger partial charge >= 0.3 is 5.97 Å². The van der Waals surface area contributed by atoms with E-state index in [1.165, 1.54) is 22.3 Å². The zero-order valence-electron chi connectivity index (χ0n) is 33.1. The van der Waals surface area contributed by atoms with Crippen molar-refractivity contribution >= 4 is 14.3 Å². The average Bonchev–Trinajstić information content (AvgIpc) is 3.16. The fourth-order valence-electron chi connectivity index (χ4n) is 7.41. The summed E-state index contributed by atoms with van der Waals surface area (Å²) in [5.41, 5.74) is 5.31. The van der Waals surface area contributed by atoms with E-state index in [0.717, 1.165) is 37.0 Å². The van der Waals surface area contributed by atoms with Crippen molar-refractivity contribution in [1.29, 1.82) is 0 Å². The van der Waals surface area contributed by atoms with Gasteiger partial charge in [0, 0.05) is 0 Å². The quantitative estimate of drug-likeness (QED) is 0.0715. The molecule has 0 saturated heterocycles. The van der Waals surface area contributed by atoms with Crippen LogP contribution >= 0.6 is 0 Å². The molecule has 4 atom stereocenters. The predicted octanol–water partition coefficient (Wildman–Crippen LogP) is 12.5. The van der Waals surface area contributed by atoms with Crippen molar-refractivity contribution in [2.45, 2.75) is 102 Å². The Bertz CT molecular complexity index is 1870. The first-order valence-electron chi connectivity index (χ1n) is 19.4. The van der Waals surface area contributed by atoms with Crippen LogP contribution in [0.2, 0.25) is 19.6 Å². The van der Waals surface area contributed by atoms with Gasteiger partial charge < -0.3 is 19.0 Å². The molecule has 5 rings (SSSR count). The molecule has 0 aliphatic carbocycles. The van der Waals surface area contributed by atoms with Crippen molar-refractivity contribution in [3.63, 3.8) is 0 Å². The summed E-state index contributed by atoms with van der Waals surface area (Å²) < 4.78 is 18.1.